The Morgan fingerprint density at radius 2 is 2.00 bits per heavy atom. The number of aryl methyl sites for hydroxylation is 2. The predicted octanol–water partition coefficient (Wildman–Crippen LogP) is 3.97. The van der Waals surface area contributed by atoms with Gasteiger partial charge in [-0.05, 0) is 46.6 Å². The van der Waals surface area contributed by atoms with Crippen LogP contribution in [0.2, 0.25) is 0 Å². The number of benzene rings is 1. The first kappa shape index (κ1) is 16.6. The van der Waals surface area contributed by atoms with Gasteiger partial charge in [0.05, 0.1) is 23.9 Å². The Balaban J connectivity index is 2.04. The lowest BCUT2D eigenvalue weighted by Gasteiger charge is -2.38. The molecule has 3 rings (SSSR count). The molecular weight excluding hydrogens is 302 g/mol. The molecule has 2 aromatic rings. The molecule has 2 heterocycles. The van der Waals surface area contributed by atoms with Gasteiger partial charge < -0.3 is 10.1 Å². The highest BCUT2D eigenvalue weighted by Crippen LogP contribution is 2.41. The van der Waals surface area contributed by atoms with Crippen molar-refractivity contribution in [2.75, 3.05) is 11.9 Å². The minimum atomic E-state index is -0.316. The summed E-state index contributed by atoms with van der Waals surface area (Å²) in [6.45, 7) is 10.4. The third-order valence-corrected chi connectivity index (χ3v) is 4.61. The molecular formula is C19H25N3O2. The second-order valence-electron chi connectivity index (χ2n) is 7.07. The van der Waals surface area contributed by atoms with Gasteiger partial charge in [0.2, 0.25) is 0 Å². The summed E-state index contributed by atoms with van der Waals surface area (Å²) in [5.74, 6) is 0.442. The third kappa shape index (κ3) is 2.79. The normalized spacial score (nSPS) is 18.6. The molecule has 1 unspecified atom stereocenters. The van der Waals surface area contributed by atoms with Gasteiger partial charge in [0.25, 0.3) is 0 Å². The van der Waals surface area contributed by atoms with E-state index in [4.69, 9.17) is 4.74 Å². The van der Waals surface area contributed by atoms with Gasteiger partial charge in [0.1, 0.15) is 11.4 Å². The number of nitrogens with one attached hydrogen (secondary N) is 1. The molecule has 0 spiro atoms. The molecule has 24 heavy (non-hydrogen) atoms. The number of esters is 1. The largest absolute Gasteiger partial charge is 0.462 e. The molecule has 1 aliphatic heterocycles. The fourth-order valence-electron chi connectivity index (χ4n) is 3.35. The van der Waals surface area contributed by atoms with Gasteiger partial charge in [-0.3, -0.25) is 0 Å². The number of aromatic nitrogens is 2. The average Bonchev–Trinajstić information content (AvgIpc) is 2.85. The lowest BCUT2D eigenvalue weighted by atomic mass is 9.88. The SMILES string of the molecule is CCOC(=O)c1c(C)nn2c1NC(c1ccc(C)cc1)CC2(C)C. The molecule has 1 aliphatic rings. The number of hydrogen-bond acceptors (Lipinski definition) is 4. The third-order valence-electron chi connectivity index (χ3n) is 4.61. The Labute approximate surface area is 143 Å². The van der Waals surface area contributed by atoms with Crippen molar-refractivity contribution in [3.05, 3.63) is 46.6 Å². The number of fused-ring (bicyclic) bond motifs is 1. The fraction of sp³-hybridized carbons (Fsp3) is 0.474. The van der Waals surface area contributed by atoms with E-state index in [1.54, 1.807) is 0 Å². The van der Waals surface area contributed by atoms with Crippen LogP contribution in [0.3, 0.4) is 0 Å². The van der Waals surface area contributed by atoms with Crippen LogP contribution in [0.25, 0.3) is 0 Å². The molecule has 1 aromatic carbocycles. The van der Waals surface area contributed by atoms with Gasteiger partial charge in [-0.1, -0.05) is 29.8 Å². The van der Waals surface area contributed by atoms with Crippen molar-refractivity contribution < 1.29 is 9.53 Å². The van der Waals surface area contributed by atoms with Crippen LogP contribution in [0.4, 0.5) is 5.82 Å². The summed E-state index contributed by atoms with van der Waals surface area (Å²) in [5.41, 5.74) is 3.51. The first-order chi connectivity index (χ1) is 11.3. The van der Waals surface area contributed by atoms with Crippen molar-refractivity contribution in [3.63, 3.8) is 0 Å². The van der Waals surface area contributed by atoms with Gasteiger partial charge in [0.15, 0.2) is 0 Å². The number of hydrogen-bond donors (Lipinski definition) is 1. The summed E-state index contributed by atoms with van der Waals surface area (Å²) in [6.07, 6.45) is 0.895. The zero-order valence-electron chi connectivity index (χ0n) is 15.0. The molecule has 0 saturated heterocycles. The van der Waals surface area contributed by atoms with Crippen LogP contribution in [0.15, 0.2) is 24.3 Å². The number of rotatable bonds is 3. The van der Waals surface area contributed by atoms with Crippen LogP contribution in [0.1, 0.15) is 60.4 Å². The van der Waals surface area contributed by atoms with E-state index in [1.807, 2.05) is 18.5 Å². The lowest BCUT2D eigenvalue weighted by molar-refractivity contribution is 0.0526. The maximum absolute atomic E-state index is 12.4. The molecule has 0 amide bonds. The Hall–Kier alpha value is -2.30. The van der Waals surface area contributed by atoms with Crippen molar-refractivity contribution in [2.24, 2.45) is 0 Å². The smallest absolute Gasteiger partial charge is 0.343 e. The summed E-state index contributed by atoms with van der Waals surface area (Å²) in [4.78, 5) is 12.4. The summed E-state index contributed by atoms with van der Waals surface area (Å²) in [7, 11) is 0. The molecule has 0 aliphatic carbocycles. The Morgan fingerprint density at radius 3 is 2.62 bits per heavy atom. The molecule has 0 radical (unpaired) electrons. The molecule has 5 nitrogen and oxygen atoms in total. The second kappa shape index (κ2) is 5.96. The number of nitrogens with zero attached hydrogens (tertiary/aromatic N) is 2. The average molecular weight is 327 g/mol. The van der Waals surface area contributed by atoms with Crippen molar-refractivity contribution in [3.8, 4) is 0 Å². The van der Waals surface area contributed by atoms with Crippen LogP contribution < -0.4 is 5.32 Å². The first-order valence-corrected chi connectivity index (χ1v) is 8.44. The Bertz CT molecular complexity index is 760. The zero-order chi connectivity index (χ0) is 17.5. The molecule has 1 N–H and O–H groups in total. The van der Waals surface area contributed by atoms with Crippen molar-refractivity contribution in [1.29, 1.82) is 0 Å². The van der Waals surface area contributed by atoms with Gasteiger partial charge in [-0.15, -0.1) is 0 Å². The second-order valence-corrected chi connectivity index (χ2v) is 7.07. The monoisotopic (exact) mass is 327 g/mol. The summed E-state index contributed by atoms with van der Waals surface area (Å²) >= 11 is 0. The van der Waals surface area contributed by atoms with E-state index >= 15 is 0 Å². The standard InChI is InChI=1S/C19H25N3O2/c1-6-24-18(23)16-13(3)21-22-17(16)20-15(11-19(22,4)5)14-9-7-12(2)8-10-14/h7-10,15,20H,6,11H2,1-5H3. The maximum atomic E-state index is 12.4. The molecule has 0 bridgehead atoms. The summed E-state index contributed by atoms with van der Waals surface area (Å²) < 4.78 is 7.16. The number of carbonyl (C=O) groups excluding carboxylic acids is 1. The van der Waals surface area contributed by atoms with Crippen molar-refractivity contribution in [1.82, 2.24) is 9.78 Å². The van der Waals surface area contributed by atoms with E-state index in [-0.39, 0.29) is 17.6 Å². The van der Waals surface area contributed by atoms with E-state index in [0.717, 1.165) is 12.2 Å². The van der Waals surface area contributed by atoms with Crippen LogP contribution in [-0.4, -0.2) is 22.4 Å². The maximum Gasteiger partial charge on any atom is 0.343 e. The molecule has 5 heteroatoms. The number of anilines is 1. The zero-order valence-corrected chi connectivity index (χ0v) is 15.0. The lowest BCUT2D eigenvalue weighted by Crippen LogP contribution is -2.38. The molecule has 1 aromatic heterocycles. The summed E-state index contributed by atoms with van der Waals surface area (Å²) in [5, 5.41) is 8.12. The minimum Gasteiger partial charge on any atom is -0.462 e. The molecule has 0 saturated carbocycles. The molecule has 0 fully saturated rings. The van der Waals surface area contributed by atoms with Crippen LogP contribution in [0.5, 0.6) is 0 Å². The van der Waals surface area contributed by atoms with E-state index in [1.165, 1.54) is 11.1 Å². The van der Waals surface area contributed by atoms with E-state index in [2.05, 4.69) is 55.5 Å². The topological polar surface area (TPSA) is 56.1 Å². The highest BCUT2D eigenvalue weighted by atomic mass is 16.5. The summed E-state index contributed by atoms with van der Waals surface area (Å²) in [6, 6.07) is 8.66. The van der Waals surface area contributed by atoms with Gasteiger partial charge in [0, 0.05) is 0 Å². The predicted molar refractivity (Wildman–Crippen MR) is 94.4 cm³/mol. The van der Waals surface area contributed by atoms with Gasteiger partial charge in [-0.25, -0.2) is 9.48 Å². The first-order valence-electron chi connectivity index (χ1n) is 8.44. The van der Waals surface area contributed by atoms with Crippen LogP contribution >= 0.6 is 0 Å². The number of carbonyl (C=O) groups is 1. The van der Waals surface area contributed by atoms with Gasteiger partial charge >= 0.3 is 5.97 Å². The van der Waals surface area contributed by atoms with Crippen LogP contribution in [0, 0.1) is 13.8 Å². The highest BCUT2D eigenvalue weighted by molar-refractivity contribution is 5.96. The highest BCUT2D eigenvalue weighted by Gasteiger charge is 2.38. The van der Waals surface area contributed by atoms with E-state index in [9.17, 15) is 4.79 Å². The molecule has 1 atom stereocenters. The fourth-order valence-corrected chi connectivity index (χ4v) is 3.35. The van der Waals surface area contributed by atoms with Gasteiger partial charge in [-0.2, -0.15) is 5.10 Å². The number of ether oxygens (including phenoxy) is 1. The Kier molecular flexibility index (Phi) is 4.11. The van der Waals surface area contributed by atoms with E-state index in [0.29, 0.717) is 17.9 Å². The Morgan fingerprint density at radius 1 is 1.33 bits per heavy atom. The van der Waals surface area contributed by atoms with Crippen molar-refractivity contribution >= 4 is 11.8 Å². The molecule has 128 valence electrons. The minimum absolute atomic E-state index is 0.136. The van der Waals surface area contributed by atoms with Crippen LogP contribution in [-0.2, 0) is 10.3 Å². The van der Waals surface area contributed by atoms with Crippen molar-refractivity contribution in [2.45, 2.75) is 52.6 Å². The quantitative estimate of drug-likeness (QED) is 0.867. The van der Waals surface area contributed by atoms with E-state index < -0.39 is 0 Å².